The van der Waals surface area contributed by atoms with Gasteiger partial charge >= 0.3 is 6.09 Å². The lowest BCUT2D eigenvalue weighted by atomic mass is 9.96. The first-order valence-corrected chi connectivity index (χ1v) is 10.7. The number of carbonyl (C=O) groups is 2. The molecule has 0 spiro atoms. The Kier molecular flexibility index (Phi) is 6.39. The number of hydrogen-bond donors (Lipinski definition) is 2. The molecule has 32 heavy (non-hydrogen) atoms. The van der Waals surface area contributed by atoms with Crippen LogP contribution < -0.4 is 20.5 Å². The zero-order chi connectivity index (χ0) is 22.5. The summed E-state index contributed by atoms with van der Waals surface area (Å²) in [4.78, 5) is 24.1. The van der Waals surface area contributed by atoms with Crippen LogP contribution in [0.4, 0.5) is 4.79 Å². The number of benzene rings is 2. The lowest BCUT2D eigenvalue weighted by Crippen LogP contribution is -2.37. The molecule has 2 amide bonds. The zero-order valence-electron chi connectivity index (χ0n) is 17.9. The van der Waals surface area contributed by atoms with Crippen molar-refractivity contribution in [3.05, 3.63) is 60.3 Å². The van der Waals surface area contributed by atoms with Crippen molar-refractivity contribution in [1.82, 2.24) is 15.1 Å². The lowest BCUT2D eigenvalue weighted by molar-refractivity contribution is 0.0995. The Morgan fingerprint density at radius 2 is 1.78 bits per heavy atom. The number of nitrogens with zero attached hydrogens (tertiary/aromatic N) is 2. The minimum atomic E-state index is -0.627. The third-order valence-corrected chi connectivity index (χ3v) is 5.55. The second-order valence-corrected chi connectivity index (χ2v) is 7.79. The Morgan fingerprint density at radius 3 is 2.47 bits per heavy atom. The number of ether oxygens (including phenoxy) is 2. The predicted octanol–water partition coefficient (Wildman–Crippen LogP) is 4.07. The largest absolute Gasteiger partial charge is 0.497 e. The number of amides is 2. The summed E-state index contributed by atoms with van der Waals surface area (Å²) < 4.78 is 12.4. The average molecular weight is 434 g/mol. The van der Waals surface area contributed by atoms with Gasteiger partial charge in [-0.3, -0.25) is 4.79 Å². The molecule has 0 bridgehead atoms. The molecule has 0 atom stereocenters. The molecule has 3 N–H and O–H groups in total. The van der Waals surface area contributed by atoms with Crippen molar-refractivity contribution in [2.24, 2.45) is 5.73 Å². The molecule has 1 saturated carbocycles. The SMILES string of the molecule is COc1ccc(-n2nc(C(N)=O)cc2-c2cccc(OC(=O)NC3CCCCC3)c2)cc1. The number of aromatic nitrogens is 2. The van der Waals surface area contributed by atoms with Crippen LogP contribution in [0.3, 0.4) is 0 Å². The van der Waals surface area contributed by atoms with Gasteiger partial charge < -0.3 is 20.5 Å². The fraction of sp³-hybridized carbons (Fsp3) is 0.292. The van der Waals surface area contributed by atoms with Crippen molar-refractivity contribution in [1.29, 1.82) is 0 Å². The molecule has 1 aromatic heterocycles. The molecule has 1 aliphatic carbocycles. The summed E-state index contributed by atoms with van der Waals surface area (Å²) in [5.41, 5.74) is 7.70. The first-order chi connectivity index (χ1) is 15.5. The molecule has 1 heterocycles. The monoisotopic (exact) mass is 434 g/mol. The zero-order valence-corrected chi connectivity index (χ0v) is 17.9. The maximum atomic E-state index is 12.3. The molecular weight excluding hydrogens is 408 g/mol. The van der Waals surface area contributed by atoms with Crippen LogP contribution in [0.1, 0.15) is 42.6 Å². The molecule has 8 heteroatoms. The van der Waals surface area contributed by atoms with Gasteiger partial charge in [0.15, 0.2) is 5.69 Å². The topological polar surface area (TPSA) is 108 Å². The number of rotatable bonds is 6. The van der Waals surface area contributed by atoms with Crippen LogP contribution in [0, 0.1) is 0 Å². The molecule has 3 aromatic rings. The van der Waals surface area contributed by atoms with Gasteiger partial charge in [-0.15, -0.1) is 0 Å². The van der Waals surface area contributed by atoms with E-state index in [2.05, 4.69) is 10.4 Å². The third-order valence-electron chi connectivity index (χ3n) is 5.55. The highest BCUT2D eigenvalue weighted by Gasteiger charge is 2.18. The molecule has 0 saturated heterocycles. The van der Waals surface area contributed by atoms with Crippen LogP contribution in [0.25, 0.3) is 16.9 Å². The minimum absolute atomic E-state index is 0.136. The van der Waals surface area contributed by atoms with E-state index in [-0.39, 0.29) is 11.7 Å². The summed E-state index contributed by atoms with van der Waals surface area (Å²) in [6.45, 7) is 0. The molecule has 1 aliphatic rings. The molecule has 0 radical (unpaired) electrons. The van der Waals surface area contributed by atoms with Crippen LogP contribution in [0.2, 0.25) is 0 Å². The Balaban J connectivity index is 1.60. The van der Waals surface area contributed by atoms with Gasteiger partial charge in [-0.25, -0.2) is 9.48 Å². The summed E-state index contributed by atoms with van der Waals surface area (Å²) in [6, 6.07) is 16.1. The van der Waals surface area contributed by atoms with E-state index in [0.717, 1.165) is 36.9 Å². The number of carbonyl (C=O) groups excluding carboxylic acids is 2. The highest BCUT2D eigenvalue weighted by atomic mass is 16.6. The quantitative estimate of drug-likeness (QED) is 0.608. The Bertz CT molecular complexity index is 1100. The number of nitrogens with two attached hydrogens (primary N) is 1. The van der Waals surface area contributed by atoms with E-state index in [9.17, 15) is 9.59 Å². The summed E-state index contributed by atoms with van der Waals surface area (Å²) >= 11 is 0. The van der Waals surface area contributed by atoms with E-state index in [4.69, 9.17) is 15.2 Å². The van der Waals surface area contributed by atoms with Gasteiger partial charge in [0.05, 0.1) is 18.5 Å². The van der Waals surface area contributed by atoms with Crippen molar-refractivity contribution >= 4 is 12.0 Å². The maximum Gasteiger partial charge on any atom is 0.412 e. The molecule has 4 rings (SSSR count). The lowest BCUT2D eigenvalue weighted by Gasteiger charge is -2.22. The number of nitrogens with one attached hydrogen (secondary N) is 1. The van der Waals surface area contributed by atoms with Gasteiger partial charge in [0.2, 0.25) is 0 Å². The van der Waals surface area contributed by atoms with Crippen molar-refractivity contribution in [2.75, 3.05) is 7.11 Å². The van der Waals surface area contributed by atoms with Gasteiger partial charge in [-0.1, -0.05) is 31.4 Å². The second-order valence-electron chi connectivity index (χ2n) is 7.79. The summed E-state index contributed by atoms with van der Waals surface area (Å²) in [5.74, 6) is 0.480. The van der Waals surface area contributed by atoms with Gasteiger partial charge in [0.1, 0.15) is 11.5 Å². The standard InChI is InChI=1S/C24H26N4O4/c1-31-19-12-10-18(11-13-19)28-22(15-21(27-28)23(25)29)16-6-5-9-20(14-16)32-24(30)26-17-7-3-2-4-8-17/h5-6,9-15,17H,2-4,7-8H2,1H3,(H2,25,29)(H,26,30). The van der Waals surface area contributed by atoms with Crippen LogP contribution in [-0.2, 0) is 0 Å². The Labute approximate surface area is 186 Å². The van der Waals surface area contributed by atoms with Gasteiger partial charge in [-0.05, 0) is 55.3 Å². The van der Waals surface area contributed by atoms with Crippen LogP contribution in [0.15, 0.2) is 54.6 Å². The fourth-order valence-corrected chi connectivity index (χ4v) is 3.90. The maximum absolute atomic E-state index is 12.3. The van der Waals surface area contributed by atoms with Gasteiger partial charge in [-0.2, -0.15) is 5.10 Å². The van der Waals surface area contributed by atoms with E-state index in [1.807, 2.05) is 18.2 Å². The summed E-state index contributed by atoms with van der Waals surface area (Å²) in [6.07, 6.45) is 4.95. The van der Waals surface area contributed by atoms with Gasteiger partial charge in [0, 0.05) is 11.6 Å². The molecule has 0 aliphatic heterocycles. The number of methoxy groups -OCH3 is 1. The van der Waals surface area contributed by atoms with E-state index < -0.39 is 12.0 Å². The van der Waals surface area contributed by atoms with E-state index in [1.54, 1.807) is 48.2 Å². The highest BCUT2D eigenvalue weighted by Crippen LogP contribution is 2.28. The molecule has 166 valence electrons. The first kappa shape index (κ1) is 21.4. The summed E-state index contributed by atoms with van der Waals surface area (Å²) in [7, 11) is 1.59. The van der Waals surface area contributed by atoms with Crippen molar-refractivity contribution in [2.45, 2.75) is 38.1 Å². The first-order valence-electron chi connectivity index (χ1n) is 10.7. The normalized spacial score (nSPS) is 14.0. The van der Waals surface area contributed by atoms with Crippen molar-refractivity contribution < 1.29 is 19.1 Å². The van der Waals surface area contributed by atoms with E-state index >= 15 is 0 Å². The summed E-state index contributed by atoms with van der Waals surface area (Å²) in [5, 5.41) is 7.30. The van der Waals surface area contributed by atoms with Gasteiger partial charge in [0.25, 0.3) is 5.91 Å². The molecule has 2 aromatic carbocycles. The van der Waals surface area contributed by atoms with E-state index in [1.165, 1.54) is 6.42 Å². The predicted molar refractivity (Wildman–Crippen MR) is 120 cm³/mol. The average Bonchev–Trinajstić information content (AvgIpc) is 3.26. The smallest absolute Gasteiger partial charge is 0.412 e. The molecule has 0 unspecified atom stereocenters. The number of hydrogen-bond acceptors (Lipinski definition) is 5. The fourth-order valence-electron chi connectivity index (χ4n) is 3.90. The van der Waals surface area contributed by atoms with Crippen molar-refractivity contribution in [3.63, 3.8) is 0 Å². The van der Waals surface area contributed by atoms with Crippen LogP contribution in [-0.4, -0.2) is 34.9 Å². The molecular formula is C24H26N4O4. The van der Waals surface area contributed by atoms with Crippen LogP contribution in [0.5, 0.6) is 11.5 Å². The molecule has 8 nitrogen and oxygen atoms in total. The second kappa shape index (κ2) is 9.55. The molecule has 1 fully saturated rings. The van der Waals surface area contributed by atoms with E-state index in [0.29, 0.717) is 17.2 Å². The number of primary amides is 1. The van der Waals surface area contributed by atoms with Crippen molar-refractivity contribution in [3.8, 4) is 28.4 Å². The Morgan fingerprint density at radius 1 is 1.03 bits per heavy atom. The highest BCUT2D eigenvalue weighted by molar-refractivity contribution is 5.92. The van der Waals surface area contributed by atoms with Crippen LogP contribution >= 0.6 is 0 Å². The minimum Gasteiger partial charge on any atom is -0.497 e. The Hall–Kier alpha value is -3.81. The third kappa shape index (κ3) is 4.91.